The number of rotatable bonds is 5. The van der Waals surface area contributed by atoms with Crippen molar-refractivity contribution in [1.29, 1.82) is 0 Å². The second-order valence-corrected chi connectivity index (χ2v) is 8.36. The number of hydrogen-bond donors (Lipinski definition) is 1. The Hall–Kier alpha value is -3.60. The van der Waals surface area contributed by atoms with Crippen LogP contribution in [0.15, 0.2) is 53.3 Å². The topological polar surface area (TPSA) is 56.1 Å². The van der Waals surface area contributed by atoms with Crippen LogP contribution < -0.4 is 15.5 Å². The zero-order chi connectivity index (χ0) is 23.0. The van der Waals surface area contributed by atoms with E-state index in [2.05, 4.69) is 79.0 Å². The van der Waals surface area contributed by atoms with E-state index in [0.29, 0.717) is 23.7 Å². The van der Waals surface area contributed by atoms with Gasteiger partial charge in [0, 0.05) is 17.4 Å². The number of nitrogens with one attached hydrogen (secondary N) is 1. The molecule has 32 heavy (non-hydrogen) atoms. The fourth-order valence-corrected chi connectivity index (χ4v) is 4.17. The van der Waals surface area contributed by atoms with Crippen molar-refractivity contribution in [2.45, 2.75) is 41.5 Å². The number of nitrogens with zero attached hydrogens (tertiary/aromatic N) is 2. The summed E-state index contributed by atoms with van der Waals surface area (Å²) in [6, 6.07) is 16.2. The number of aryl methyl sites for hydroxylation is 5. The molecule has 0 fully saturated rings. The Labute approximate surface area is 188 Å². The first kappa shape index (κ1) is 21.6. The molecule has 2 heterocycles. The van der Waals surface area contributed by atoms with Gasteiger partial charge in [-0.15, -0.1) is 0 Å². The van der Waals surface area contributed by atoms with Gasteiger partial charge in [0.25, 0.3) is 0 Å². The lowest BCUT2D eigenvalue weighted by atomic mass is 10.1. The Bertz CT molecular complexity index is 1390. The van der Waals surface area contributed by atoms with Crippen molar-refractivity contribution in [2.75, 3.05) is 11.9 Å². The van der Waals surface area contributed by atoms with Crippen LogP contribution in [-0.4, -0.2) is 16.2 Å². The fraction of sp³-hybridized carbons (Fsp3) is 0.259. The Kier molecular flexibility index (Phi) is 5.74. The molecule has 4 aromatic rings. The predicted octanol–water partition coefficient (Wildman–Crippen LogP) is 6.07. The van der Waals surface area contributed by atoms with Gasteiger partial charge in [0.15, 0.2) is 5.43 Å². The molecule has 0 aliphatic heterocycles. The van der Waals surface area contributed by atoms with Gasteiger partial charge in [0.2, 0.25) is 5.88 Å². The standard InChI is InChI=1S/C27H29N3O2/c1-7-32-27-26-23(14-20(6)28-27)30(22-11-9-17(3)13-19(22)5)25(15-24(26)31)29-21-10-8-16(2)12-18(21)4/h8-15,29H,7H2,1-6H3. The van der Waals surface area contributed by atoms with Gasteiger partial charge < -0.3 is 10.1 Å². The molecular weight excluding hydrogens is 398 g/mol. The van der Waals surface area contributed by atoms with Crippen LogP contribution in [0.1, 0.15) is 34.9 Å². The summed E-state index contributed by atoms with van der Waals surface area (Å²) < 4.78 is 7.87. The third kappa shape index (κ3) is 3.98. The summed E-state index contributed by atoms with van der Waals surface area (Å²) in [5.74, 6) is 1.08. The molecule has 5 nitrogen and oxygen atoms in total. The van der Waals surface area contributed by atoms with Gasteiger partial charge in [0.05, 0.1) is 17.8 Å². The molecule has 0 aliphatic rings. The minimum Gasteiger partial charge on any atom is -0.477 e. The first-order valence-electron chi connectivity index (χ1n) is 10.9. The molecule has 4 rings (SSSR count). The molecule has 2 aromatic heterocycles. The lowest BCUT2D eigenvalue weighted by Gasteiger charge is -2.22. The van der Waals surface area contributed by atoms with Crippen LogP contribution in [0.3, 0.4) is 0 Å². The number of benzene rings is 2. The molecule has 2 aromatic carbocycles. The van der Waals surface area contributed by atoms with Crippen molar-refractivity contribution in [3.05, 3.63) is 86.7 Å². The van der Waals surface area contributed by atoms with Crippen molar-refractivity contribution in [3.63, 3.8) is 0 Å². The van der Waals surface area contributed by atoms with Crippen molar-refractivity contribution >= 4 is 22.4 Å². The smallest absolute Gasteiger partial charge is 0.227 e. The first-order valence-corrected chi connectivity index (χ1v) is 10.9. The summed E-state index contributed by atoms with van der Waals surface area (Å²) in [5.41, 5.74) is 8.02. The monoisotopic (exact) mass is 427 g/mol. The average Bonchev–Trinajstić information content (AvgIpc) is 2.71. The Morgan fingerprint density at radius 2 is 1.59 bits per heavy atom. The molecule has 0 atom stereocenters. The number of pyridine rings is 2. The van der Waals surface area contributed by atoms with E-state index in [1.807, 2.05) is 19.9 Å². The van der Waals surface area contributed by atoms with Gasteiger partial charge in [-0.05, 0) is 70.9 Å². The minimum atomic E-state index is -0.121. The molecule has 0 unspecified atom stereocenters. The summed E-state index contributed by atoms with van der Waals surface area (Å²) in [4.78, 5) is 17.8. The zero-order valence-corrected chi connectivity index (χ0v) is 19.5. The Balaban J connectivity index is 2.08. The lowest BCUT2D eigenvalue weighted by Crippen LogP contribution is -2.15. The zero-order valence-electron chi connectivity index (χ0n) is 19.5. The summed E-state index contributed by atoms with van der Waals surface area (Å²) in [7, 11) is 0. The van der Waals surface area contributed by atoms with E-state index in [-0.39, 0.29) is 5.43 Å². The maximum atomic E-state index is 13.3. The second kappa shape index (κ2) is 8.50. The molecule has 0 saturated carbocycles. The predicted molar refractivity (Wildman–Crippen MR) is 132 cm³/mol. The number of aromatic nitrogens is 2. The van der Waals surface area contributed by atoms with Gasteiger partial charge in [-0.3, -0.25) is 9.36 Å². The third-order valence-electron chi connectivity index (χ3n) is 5.61. The molecule has 0 aliphatic carbocycles. The van der Waals surface area contributed by atoms with E-state index in [0.717, 1.165) is 33.7 Å². The van der Waals surface area contributed by atoms with Gasteiger partial charge in [0.1, 0.15) is 11.2 Å². The maximum absolute atomic E-state index is 13.3. The summed E-state index contributed by atoms with van der Waals surface area (Å²) in [6.45, 7) is 12.6. The molecule has 164 valence electrons. The van der Waals surface area contributed by atoms with Gasteiger partial charge in [-0.1, -0.05) is 35.4 Å². The summed E-state index contributed by atoms with van der Waals surface area (Å²) in [6.07, 6.45) is 0. The van der Waals surface area contributed by atoms with Crippen LogP contribution in [0.4, 0.5) is 11.5 Å². The molecule has 0 spiro atoms. The number of hydrogen-bond acceptors (Lipinski definition) is 4. The number of ether oxygens (including phenoxy) is 1. The Morgan fingerprint density at radius 1 is 0.906 bits per heavy atom. The van der Waals surface area contributed by atoms with Crippen LogP contribution in [0.5, 0.6) is 5.88 Å². The van der Waals surface area contributed by atoms with Crippen LogP contribution in [0.25, 0.3) is 16.6 Å². The second-order valence-electron chi connectivity index (χ2n) is 8.36. The van der Waals surface area contributed by atoms with Crippen molar-refractivity contribution in [2.24, 2.45) is 0 Å². The molecule has 0 bridgehead atoms. The SMILES string of the molecule is CCOc1nc(C)cc2c1c(=O)cc(Nc1ccc(C)cc1C)n2-c1ccc(C)cc1C. The fourth-order valence-electron chi connectivity index (χ4n) is 4.17. The molecule has 1 N–H and O–H groups in total. The van der Waals surface area contributed by atoms with E-state index in [4.69, 9.17) is 4.74 Å². The highest BCUT2D eigenvalue weighted by Crippen LogP contribution is 2.31. The van der Waals surface area contributed by atoms with Gasteiger partial charge in [-0.25, -0.2) is 4.98 Å². The maximum Gasteiger partial charge on any atom is 0.227 e. The normalized spacial score (nSPS) is 11.1. The van der Waals surface area contributed by atoms with Crippen molar-refractivity contribution in [1.82, 2.24) is 9.55 Å². The van der Waals surface area contributed by atoms with Crippen LogP contribution >= 0.6 is 0 Å². The highest BCUT2D eigenvalue weighted by atomic mass is 16.5. The summed E-state index contributed by atoms with van der Waals surface area (Å²) in [5, 5.41) is 4.00. The van der Waals surface area contributed by atoms with Crippen LogP contribution in [0.2, 0.25) is 0 Å². The van der Waals surface area contributed by atoms with Crippen LogP contribution in [0, 0.1) is 34.6 Å². The van der Waals surface area contributed by atoms with Crippen molar-refractivity contribution in [3.8, 4) is 11.6 Å². The molecule has 0 radical (unpaired) electrons. The molecule has 0 saturated heterocycles. The molecule has 5 heteroatoms. The highest BCUT2D eigenvalue weighted by Gasteiger charge is 2.18. The van der Waals surface area contributed by atoms with Crippen molar-refractivity contribution < 1.29 is 4.74 Å². The Morgan fingerprint density at radius 3 is 2.25 bits per heavy atom. The minimum absolute atomic E-state index is 0.121. The summed E-state index contributed by atoms with van der Waals surface area (Å²) >= 11 is 0. The van der Waals surface area contributed by atoms with E-state index >= 15 is 0 Å². The number of fused-ring (bicyclic) bond motifs is 1. The van der Waals surface area contributed by atoms with Gasteiger partial charge in [-0.2, -0.15) is 0 Å². The highest BCUT2D eigenvalue weighted by molar-refractivity contribution is 5.88. The third-order valence-corrected chi connectivity index (χ3v) is 5.61. The van der Waals surface area contributed by atoms with E-state index in [1.54, 1.807) is 6.07 Å². The van der Waals surface area contributed by atoms with Crippen LogP contribution in [-0.2, 0) is 0 Å². The van der Waals surface area contributed by atoms with E-state index in [9.17, 15) is 4.79 Å². The van der Waals surface area contributed by atoms with Gasteiger partial charge >= 0.3 is 0 Å². The number of anilines is 2. The quantitative estimate of drug-likeness (QED) is 0.420. The largest absolute Gasteiger partial charge is 0.477 e. The average molecular weight is 428 g/mol. The van der Waals surface area contributed by atoms with E-state index in [1.165, 1.54) is 11.1 Å². The molecular formula is C27H29N3O2. The first-order chi connectivity index (χ1) is 15.3. The van der Waals surface area contributed by atoms with E-state index < -0.39 is 0 Å². The lowest BCUT2D eigenvalue weighted by molar-refractivity contribution is 0.330. The molecule has 0 amide bonds.